The Morgan fingerprint density at radius 1 is 1.41 bits per heavy atom. The maximum atomic E-state index is 13.0. The van der Waals surface area contributed by atoms with E-state index in [9.17, 15) is 9.50 Å². The first-order chi connectivity index (χ1) is 8.16. The molecule has 0 amide bonds. The van der Waals surface area contributed by atoms with Crippen LogP contribution >= 0.6 is 0 Å². The molecule has 1 aromatic heterocycles. The number of phenols is 1. The average molecular weight is 235 g/mol. The number of nitrogens with zero attached hydrogens (tertiary/aromatic N) is 2. The molecule has 0 bridgehead atoms. The lowest BCUT2D eigenvalue weighted by atomic mass is 10.2. The Morgan fingerprint density at radius 3 is 2.94 bits per heavy atom. The summed E-state index contributed by atoms with van der Waals surface area (Å²) >= 11 is 0. The summed E-state index contributed by atoms with van der Waals surface area (Å²) in [7, 11) is 1.91. The molecule has 5 heteroatoms. The van der Waals surface area contributed by atoms with Gasteiger partial charge in [-0.1, -0.05) is 0 Å². The number of rotatable bonds is 4. The zero-order chi connectivity index (χ0) is 12.3. The highest BCUT2D eigenvalue weighted by Crippen LogP contribution is 2.17. The number of aromatic hydroxyl groups is 1. The summed E-state index contributed by atoms with van der Waals surface area (Å²) < 4.78 is 14.9. The summed E-state index contributed by atoms with van der Waals surface area (Å²) in [5.74, 6) is 0.635. The van der Waals surface area contributed by atoms with E-state index in [2.05, 4.69) is 10.3 Å². The Bertz CT molecular complexity index is 510. The number of nitrogens with one attached hydrogen (secondary N) is 1. The molecule has 0 saturated carbocycles. The van der Waals surface area contributed by atoms with Crippen molar-refractivity contribution >= 4 is 0 Å². The van der Waals surface area contributed by atoms with Crippen LogP contribution in [0.15, 0.2) is 30.6 Å². The van der Waals surface area contributed by atoms with Gasteiger partial charge in [0.1, 0.15) is 17.4 Å². The Balaban J connectivity index is 1.94. The lowest BCUT2D eigenvalue weighted by molar-refractivity contribution is 0.461. The highest BCUT2D eigenvalue weighted by Gasteiger charge is 2.03. The Labute approximate surface area is 98.7 Å². The molecule has 0 aliphatic heterocycles. The van der Waals surface area contributed by atoms with E-state index < -0.39 is 0 Å². The van der Waals surface area contributed by atoms with Gasteiger partial charge in [-0.2, -0.15) is 0 Å². The third kappa shape index (κ3) is 2.82. The van der Waals surface area contributed by atoms with Crippen LogP contribution in [0.3, 0.4) is 0 Å². The first kappa shape index (κ1) is 11.6. The minimum atomic E-state index is -0.350. The summed E-state index contributed by atoms with van der Waals surface area (Å²) in [5.41, 5.74) is 0.541. The molecular formula is C12H14FN3O. The predicted molar refractivity (Wildman–Crippen MR) is 61.8 cm³/mol. The van der Waals surface area contributed by atoms with Gasteiger partial charge in [0.05, 0.1) is 6.54 Å². The van der Waals surface area contributed by atoms with Crippen LogP contribution in [0, 0.1) is 5.82 Å². The summed E-state index contributed by atoms with van der Waals surface area (Å²) in [6, 6.07) is 3.91. The van der Waals surface area contributed by atoms with E-state index in [-0.39, 0.29) is 11.6 Å². The van der Waals surface area contributed by atoms with E-state index in [1.165, 1.54) is 18.2 Å². The fourth-order valence-corrected chi connectivity index (χ4v) is 1.57. The number of benzene rings is 1. The Hall–Kier alpha value is -1.88. The zero-order valence-corrected chi connectivity index (χ0v) is 9.52. The number of hydrogen-bond donors (Lipinski definition) is 2. The van der Waals surface area contributed by atoms with Crippen molar-refractivity contribution in [2.45, 2.75) is 13.1 Å². The molecule has 0 saturated heterocycles. The van der Waals surface area contributed by atoms with Crippen LogP contribution in [0.25, 0.3) is 0 Å². The Morgan fingerprint density at radius 2 is 2.24 bits per heavy atom. The van der Waals surface area contributed by atoms with E-state index >= 15 is 0 Å². The van der Waals surface area contributed by atoms with Crippen molar-refractivity contribution in [2.24, 2.45) is 7.05 Å². The van der Waals surface area contributed by atoms with Crippen molar-refractivity contribution in [1.82, 2.24) is 14.9 Å². The number of halogens is 1. The van der Waals surface area contributed by atoms with Crippen LogP contribution in [0.1, 0.15) is 11.4 Å². The fraction of sp³-hybridized carbons (Fsp3) is 0.250. The number of aryl methyl sites for hydroxylation is 1. The molecule has 90 valence electrons. The summed E-state index contributed by atoms with van der Waals surface area (Å²) in [6.07, 6.45) is 3.58. The highest BCUT2D eigenvalue weighted by molar-refractivity contribution is 5.32. The standard InChI is InChI=1S/C12H14FN3O/c1-16-5-4-15-12(16)8-14-7-9-6-10(13)2-3-11(9)17/h2-6,14,17H,7-8H2,1H3. The zero-order valence-electron chi connectivity index (χ0n) is 9.52. The predicted octanol–water partition coefficient (Wildman–Crippen LogP) is 1.55. The largest absolute Gasteiger partial charge is 0.508 e. The van der Waals surface area contributed by atoms with Gasteiger partial charge in [-0.25, -0.2) is 9.37 Å². The molecule has 17 heavy (non-hydrogen) atoms. The molecule has 0 unspecified atom stereocenters. The topological polar surface area (TPSA) is 50.1 Å². The molecule has 2 rings (SSSR count). The Kier molecular flexibility index (Phi) is 3.39. The third-order valence-corrected chi connectivity index (χ3v) is 2.56. The van der Waals surface area contributed by atoms with Crippen LogP contribution < -0.4 is 5.32 Å². The number of phenolic OH excluding ortho intramolecular Hbond substituents is 1. The molecule has 0 radical (unpaired) electrons. The molecule has 0 aliphatic carbocycles. The van der Waals surface area contributed by atoms with Gasteiger partial charge >= 0.3 is 0 Å². The quantitative estimate of drug-likeness (QED) is 0.845. The van der Waals surface area contributed by atoms with Gasteiger partial charge in [0, 0.05) is 31.5 Å². The average Bonchev–Trinajstić information content (AvgIpc) is 2.70. The minimum Gasteiger partial charge on any atom is -0.508 e. The van der Waals surface area contributed by atoms with Crippen LogP contribution in [0.2, 0.25) is 0 Å². The van der Waals surface area contributed by atoms with Gasteiger partial charge < -0.3 is 15.0 Å². The molecule has 2 aromatic rings. The lowest BCUT2D eigenvalue weighted by Gasteiger charge is -2.07. The van der Waals surface area contributed by atoms with Gasteiger partial charge in [0.15, 0.2) is 0 Å². The van der Waals surface area contributed by atoms with Crippen molar-refractivity contribution < 1.29 is 9.50 Å². The van der Waals surface area contributed by atoms with E-state index in [0.717, 1.165) is 5.82 Å². The number of aromatic nitrogens is 2. The van der Waals surface area contributed by atoms with Crippen molar-refractivity contribution in [3.05, 3.63) is 47.8 Å². The second-order valence-electron chi connectivity index (χ2n) is 3.83. The molecule has 4 nitrogen and oxygen atoms in total. The SMILES string of the molecule is Cn1ccnc1CNCc1cc(F)ccc1O. The van der Waals surface area contributed by atoms with E-state index in [0.29, 0.717) is 18.7 Å². The van der Waals surface area contributed by atoms with Gasteiger partial charge in [-0.15, -0.1) is 0 Å². The van der Waals surface area contributed by atoms with Gasteiger partial charge in [0.25, 0.3) is 0 Å². The molecule has 1 aromatic carbocycles. The first-order valence-corrected chi connectivity index (χ1v) is 5.31. The van der Waals surface area contributed by atoms with Crippen LogP contribution in [0.4, 0.5) is 4.39 Å². The number of hydrogen-bond acceptors (Lipinski definition) is 3. The maximum Gasteiger partial charge on any atom is 0.123 e. The van der Waals surface area contributed by atoms with Gasteiger partial charge in [-0.3, -0.25) is 0 Å². The maximum absolute atomic E-state index is 13.0. The van der Waals surface area contributed by atoms with E-state index in [4.69, 9.17) is 0 Å². The summed E-state index contributed by atoms with van der Waals surface area (Å²) in [5, 5.41) is 12.6. The van der Waals surface area contributed by atoms with Crippen molar-refractivity contribution in [2.75, 3.05) is 0 Å². The molecule has 0 atom stereocenters. The van der Waals surface area contributed by atoms with Crippen molar-refractivity contribution in [3.63, 3.8) is 0 Å². The molecule has 0 fully saturated rings. The summed E-state index contributed by atoms with van der Waals surface area (Å²) in [6.45, 7) is 0.968. The molecular weight excluding hydrogens is 221 g/mol. The third-order valence-electron chi connectivity index (χ3n) is 2.56. The molecule has 0 aliphatic rings. The highest BCUT2D eigenvalue weighted by atomic mass is 19.1. The second-order valence-corrected chi connectivity index (χ2v) is 3.83. The second kappa shape index (κ2) is 4.97. The molecule has 0 spiro atoms. The normalized spacial score (nSPS) is 10.7. The fourth-order valence-electron chi connectivity index (χ4n) is 1.57. The van der Waals surface area contributed by atoms with Crippen LogP contribution in [-0.2, 0) is 20.1 Å². The van der Waals surface area contributed by atoms with E-state index in [1.807, 2.05) is 17.8 Å². The smallest absolute Gasteiger partial charge is 0.123 e. The first-order valence-electron chi connectivity index (χ1n) is 5.31. The van der Waals surface area contributed by atoms with Crippen LogP contribution in [-0.4, -0.2) is 14.7 Å². The van der Waals surface area contributed by atoms with Crippen molar-refractivity contribution in [1.29, 1.82) is 0 Å². The summed E-state index contributed by atoms with van der Waals surface area (Å²) in [4.78, 5) is 4.15. The van der Waals surface area contributed by atoms with E-state index in [1.54, 1.807) is 6.20 Å². The molecule has 1 heterocycles. The van der Waals surface area contributed by atoms with Crippen molar-refractivity contribution in [3.8, 4) is 5.75 Å². The monoisotopic (exact) mass is 235 g/mol. The molecule has 2 N–H and O–H groups in total. The van der Waals surface area contributed by atoms with Gasteiger partial charge in [0.2, 0.25) is 0 Å². The minimum absolute atomic E-state index is 0.0961. The number of imidazole rings is 1. The lowest BCUT2D eigenvalue weighted by Crippen LogP contribution is -2.15. The van der Waals surface area contributed by atoms with Crippen LogP contribution in [0.5, 0.6) is 5.75 Å². The van der Waals surface area contributed by atoms with Gasteiger partial charge in [-0.05, 0) is 18.2 Å².